The molecule has 0 aliphatic heterocycles. The van der Waals surface area contributed by atoms with Crippen molar-refractivity contribution in [2.45, 2.75) is 0 Å². The van der Waals surface area contributed by atoms with Gasteiger partial charge < -0.3 is 10.5 Å². The normalized spacial score (nSPS) is 11.3. The number of hydrogen-bond acceptors (Lipinski definition) is 3. The summed E-state index contributed by atoms with van der Waals surface area (Å²) in [4.78, 5) is 3.99. The van der Waals surface area contributed by atoms with Gasteiger partial charge in [0.2, 0.25) is 5.90 Å². The van der Waals surface area contributed by atoms with Crippen molar-refractivity contribution >= 4 is 5.90 Å². The van der Waals surface area contributed by atoms with Crippen LogP contribution < -0.4 is 5.73 Å². The van der Waals surface area contributed by atoms with Gasteiger partial charge in [-0.05, 0) is 12.1 Å². The van der Waals surface area contributed by atoms with Crippen molar-refractivity contribution in [3.05, 3.63) is 35.9 Å². The summed E-state index contributed by atoms with van der Waals surface area (Å²) in [7, 11) is 1.58. The van der Waals surface area contributed by atoms with Crippen molar-refractivity contribution in [2.24, 2.45) is 10.7 Å². The van der Waals surface area contributed by atoms with E-state index in [2.05, 4.69) is 4.99 Å². The van der Waals surface area contributed by atoms with Gasteiger partial charge in [0, 0.05) is 5.56 Å². The third-order valence-electron chi connectivity index (χ3n) is 1.45. The Morgan fingerprint density at radius 3 is 2.58 bits per heavy atom. The molecule has 0 saturated carbocycles. The maximum Gasteiger partial charge on any atom is 0.217 e. The predicted molar refractivity (Wildman–Crippen MR) is 49.0 cm³/mol. The molecule has 2 N–H and O–H groups in total. The summed E-state index contributed by atoms with van der Waals surface area (Å²) in [5.41, 5.74) is 6.22. The maximum absolute atomic E-state index is 5.27. The molecular weight excluding hydrogens is 152 g/mol. The van der Waals surface area contributed by atoms with Gasteiger partial charge >= 0.3 is 0 Å². The zero-order chi connectivity index (χ0) is 8.81. The summed E-state index contributed by atoms with van der Waals surface area (Å²) in [6.07, 6.45) is 0. The minimum atomic E-state index is 0.248. The topological polar surface area (TPSA) is 47.6 Å². The van der Waals surface area contributed by atoms with Crippen molar-refractivity contribution in [3.8, 4) is 0 Å². The predicted octanol–water partition coefficient (Wildman–Crippen LogP) is 0.996. The second kappa shape index (κ2) is 4.51. The van der Waals surface area contributed by atoms with E-state index in [1.165, 1.54) is 0 Å². The van der Waals surface area contributed by atoms with E-state index in [4.69, 9.17) is 10.5 Å². The summed E-state index contributed by atoms with van der Waals surface area (Å²) >= 11 is 0. The van der Waals surface area contributed by atoms with Gasteiger partial charge in [0.25, 0.3) is 0 Å². The molecule has 0 amide bonds. The number of rotatable bonds is 2. The van der Waals surface area contributed by atoms with E-state index >= 15 is 0 Å². The Hall–Kier alpha value is -1.35. The quantitative estimate of drug-likeness (QED) is 0.523. The fourth-order valence-electron chi connectivity index (χ4n) is 0.937. The molecule has 0 unspecified atom stereocenters. The fraction of sp³-hybridized carbons (Fsp3) is 0.222. The lowest BCUT2D eigenvalue weighted by atomic mass is 10.2. The third kappa shape index (κ3) is 2.07. The highest BCUT2D eigenvalue weighted by Gasteiger charge is 1.99. The number of aliphatic imine (C=N–C) groups is 1. The number of hydrogen-bond donors (Lipinski definition) is 1. The molecule has 0 aliphatic carbocycles. The minimum Gasteiger partial charge on any atom is -0.481 e. The van der Waals surface area contributed by atoms with Crippen LogP contribution in [0.5, 0.6) is 0 Å². The van der Waals surface area contributed by atoms with Gasteiger partial charge in [0.05, 0.1) is 13.8 Å². The monoisotopic (exact) mass is 164 g/mol. The lowest BCUT2D eigenvalue weighted by molar-refractivity contribution is 0.402. The van der Waals surface area contributed by atoms with Crippen LogP contribution in [0, 0.1) is 0 Å². The number of nitrogens with two attached hydrogens (primary N) is 1. The van der Waals surface area contributed by atoms with Crippen LogP contribution in [0.1, 0.15) is 5.56 Å². The summed E-state index contributed by atoms with van der Waals surface area (Å²) in [5.74, 6) is 0.582. The molecule has 12 heavy (non-hydrogen) atoms. The van der Waals surface area contributed by atoms with Gasteiger partial charge in [-0.3, -0.25) is 0 Å². The van der Waals surface area contributed by atoms with Crippen LogP contribution in [-0.2, 0) is 4.74 Å². The number of benzene rings is 1. The van der Waals surface area contributed by atoms with Gasteiger partial charge in [0.1, 0.15) is 0 Å². The average molecular weight is 164 g/mol. The van der Waals surface area contributed by atoms with Gasteiger partial charge in [-0.15, -0.1) is 0 Å². The number of nitrogens with zero attached hydrogens (tertiary/aromatic N) is 1. The molecule has 0 heterocycles. The second-order valence-electron chi connectivity index (χ2n) is 2.22. The fourth-order valence-corrected chi connectivity index (χ4v) is 0.937. The van der Waals surface area contributed by atoms with E-state index in [9.17, 15) is 0 Å². The van der Waals surface area contributed by atoms with Crippen LogP contribution in [0.4, 0.5) is 0 Å². The Morgan fingerprint density at radius 2 is 2.08 bits per heavy atom. The Bertz CT molecular complexity index is 256. The first-order valence-corrected chi connectivity index (χ1v) is 3.72. The number of methoxy groups -OCH3 is 1. The third-order valence-corrected chi connectivity index (χ3v) is 1.45. The van der Waals surface area contributed by atoms with Crippen LogP contribution in [0.3, 0.4) is 0 Å². The molecular formula is C9H12N2O. The van der Waals surface area contributed by atoms with E-state index in [1.807, 2.05) is 30.3 Å². The number of ether oxygens (including phenoxy) is 1. The SMILES string of the molecule is CO/C(=N\CN)c1ccccc1. The van der Waals surface area contributed by atoms with E-state index < -0.39 is 0 Å². The average Bonchev–Trinajstić information content (AvgIpc) is 2.15. The highest BCUT2D eigenvalue weighted by atomic mass is 16.5. The van der Waals surface area contributed by atoms with Gasteiger partial charge in [-0.1, -0.05) is 18.2 Å². The Kier molecular flexibility index (Phi) is 3.29. The molecule has 1 aromatic carbocycles. The van der Waals surface area contributed by atoms with Gasteiger partial charge in [-0.25, -0.2) is 4.99 Å². The first-order valence-electron chi connectivity index (χ1n) is 3.72. The first kappa shape index (κ1) is 8.74. The van der Waals surface area contributed by atoms with Crippen LogP contribution in [0.15, 0.2) is 35.3 Å². The molecule has 0 spiro atoms. The summed E-state index contributed by atoms with van der Waals surface area (Å²) in [6.45, 7) is 0.248. The molecule has 64 valence electrons. The van der Waals surface area contributed by atoms with Crippen LogP contribution >= 0.6 is 0 Å². The minimum absolute atomic E-state index is 0.248. The zero-order valence-electron chi connectivity index (χ0n) is 7.03. The Morgan fingerprint density at radius 1 is 1.42 bits per heavy atom. The van der Waals surface area contributed by atoms with Crippen LogP contribution in [0.25, 0.3) is 0 Å². The summed E-state index contributed by atoms with van der Waals surface area (Å²) in [5, 5.41) is 0. The summed E-state index contributed by atoms with van der Waals surface area (Å²) < 4.78 is 5.05. The lowest BCUT2D eigenvalue weighted by Gasteiger charge is -2.03. The van der Waals surface area contributed by atoms with Gasteiger partial charge in [0.15, 0.2) is 0 Å². The van der Waals surface area contributed by atoms with Gasteiger partial charge in [-0.2, -0.15) is 0 Å². The molecule has 1 rings (SSSR count). The maximum atomic E-state index is 5.27. The molecule has 0 aliphatic rings. The lowest BCUT2D eigenvalue weighted by Crippen LogP contribution is -2.07. The smallest absolute Gasteiger partial charge is 0.217 e. The van der Waals surface area contributed by atoms with E-state index in [1.54, 1.807) is 7.11 Å². The van der Waals surface area contributed by atoms with E-state index in [-0.39, 0.29) is 6.67 Å². The van der Waals surface area contributed by atoms with Crippen molar-refractivity contribution in [1.82, 2.24) is 0 Å². The molecule has 0 radical (unpaired) electrons. The van der Waals surface area contributed by atoms with Crippen molar-refractivity contribution in [3.63, 3.8) is 0 Å². The standard InChI is InChI=1S/C9H12N2O/c1-12-9(11-7-10)8-5-3-2-4-6-8/h2-6H,7,10H2,1H3/b11-9-. The van der Waals surface area contributed by atoms with E-state index in [0.29, 0.717) is 5.90 Å². The summed E-state index contributed by atoms with van der Waals surface area (Å²) in [6, 6.07) is 9.66. The Balaban J connectivity index is 2.88. The molecule has 3 nitrogen and oxygen atoms in total. The second-order valence-corrected chi connectivity index (χ2v) is 2.22. The largest absolute Gasteiger partial charge is 0.481 e. The van der Waals surface area contributed by atoms with Crippen LogP contribution in [0.2, 0.25) is 0 Å². The Labute approximate surface area is 71.9 Å². The first-order chi connectivity index (χ1) is 5.88. The molecule has 0 saturated heterocycles. The molecule has 0 aromatic heterocycles. The van der Waals surface area contributed by atoms with Crippen molar-refractivity contribution in [2.75, 3.05) is 13.8 Å². The molecule has 0 fully saturated rings. The van der Waals surface area contributed by atoms with E-state index in [0.717, 1.165) is 5.56 Å². The highest BCUT2D eigenvalue weighted by Crippen LogP contribution is 2.00. The molecule has 0 atom stereocenters. The molecule has 0 bridgehead atoms. The molecule has 3 heteroatoms. The van der Waals surface area contributed by atoms with Crippen molar-refractivity contribution in [1.29, 1.82) is 0 Å². The van der Waals surface area contributed by atoms with Crippen LogP contribution in [-0.4, -0.2) is 19.7 Å². The zero-order valence-corrected chi connectivity index (χ0v) is 7.03. The highest BCUT2D eigenvalue weighted by molar-refractivity contribution is 5.93. The van der Waals surface area contributed by atoms with Crippen molar-refractivity contribution < 1.29 is 4.74 Å². The molecule has 1 aromatic rings.